The summed E-state index contributed by atoms with van der Waals surface area (Å²) in [4.78, 5) is 11.4. The Bertz CT molecular complexity index is 145. The number of nitrogens with one attached hydrogen (secondary N) is 1. The third kappa shape index (κ3) is 3.72. The lowest BCUT2D eigenvalue weighted by molar-refractivity contribution is -0.129. The summed E-state index contributed by atoms with van der Waals surface area (Å²) in [6, 6.07) is -0.100. The molecule has 0 saturated heterocycles. The lowest BCUT2D eigenvalue weighted by Crippen LogP contribution is -2.43. The second-order valence-electron chi connectivity index (χ2n) is 4.01. The summed E-state index contributed by atoms with van der Waals surface area (Å²) in [6.45, 7) is 7.51. The van der Waals surface area contributed by atoms with Crippen molar-refractivity contribution in [3.8, 4) is 0 Å². The Morgan fingerprint density at radius 2 is 2.00 bits per heavy atom. The highest BCUT2D eigenvalue weighted by Crippen LogP contribution is 2.12. The summed E-state index contributed by atoms with van der Waals surface area (Å²) in [5.41, 5.74) is -0.372. The van der Waals surface area contributed by atoms with Gasteiger partial charge in [-0.1, -0.05) is 27.7 Å². The zero-order chi connectivity index (χ0) is 9.78. The Hall–Kier alpha value is -0.570. The fourth-order valence-electron chi connectivity index (χ4n) is 0.679. The van der Waals surface area contributed by atoms with Gasteiger partial charge in [0.25, 0.3) is 0 Å². The van der Waals surface area contributed by atoms with Gasteiger partial charge in [0.2, 0.25) is 5.91 Å². The van der Waals surface area contributed by atoms with E-state index < -0.39 is 0 Å². The fraction of sp³-hybridized carbons (Fsp3) is 0.889. The molecule has 0 aromatic carbocycles. The van der Waals surface area contributed by atoms with Crippen LogP contribution in [0.4, 0.5) is 0 Å². The first-order valence-corrected chi connectivity index (χ1v) is 4.33. The van der Waals surface area contributed by atoms with Crippen LogP contribution in [0, 0.1) is 5.41 Å². The summed E-state index contributed by atoms with van der Waals surface area (Å²) in [7, 11) is 0. The first-order chi connectivity index (χ1) is 5.41. The van der Waals surface area contributed by atoms with E-state index in [0.717, 1.165) is 6.42 Å². The number of rotatable bonds is 3. The van der Waals surface area contributed by atoms with Crippen LogP contribution in [0.25, 0.3) is 0 Å². The van der Waals surface area contributed by atoms with Crippen LogP contribution in [0.5, 0.6) is 0 Å². The number of amides is 1. The maximum absolute atomic E-state index is 11.4. The van der Waals surface area contributed by atoms with Gasteiger partial charge in [0, 0.05) is 5.41 Å². The van der Waals surface area contributed by atoms with E-state index in [-0.39, 0.29) is 24.0 Å². The van der Waals surface area contributed by atoms with Crippen LogP contribution >= 0.6 is 0 Å². The quantitative estimate of drug-likeness (QED) is 0.666. The monoisotopic (exact) mass is 173 g/mol. The van der Waals surface area contributed by atoms with Crippen LogP contribution in [0.3, 0.4) is 0 Å². The van der Waals surface area contributed by atoms with Gasteiger partial charge in [0.05, 0.1) is 12.6 Å². The maximum Gasteiger partial charge on any atom is 0.225 e. The minimum Gasteiger partial charge on any atom is -0.394 e. The first-order valence-electron chi connectivity index (χ1n) is 4.33. The number of aliphatic hydroxyl groups is 1. The SMILES string of the molecule is CC[C@@H](CO)NC(=O)C(C)(C)C. The number of hydrogen-bond acceptors (Lipinski definition) is 2. The van der Waals surface area contributed by atoms with E-state index in [4.69, 9.17) is 5.11 Å². The Kier molecular flexibility index (Phi) is 4.24. The van der Waals surface area contributed by atoms with Crippen LogP contribution in [-0.2, 0) is 4.79 Å². The number of carbonyl (C=O) groups is 1. The average molecular weight is 173 g/mol. The van der Waals surface area contributed by atoms with Crippen molar-refractivity contribution in [2.75, 3.05) is 6.61 Å². The fourth-order valence-corrected chi connectivity index (χ4v) is 0.679. The van der Waals surface area contributed by atoms with Crippen molar-refractivity contribution in [3.63, 3.8) is 0 Å². The second kappa shape index (κ2) is 4.45. The molecule has 12 heavy (non-hydrogen) atoms. The van der Waals surface area contributed by atoms with Gasteiger partial charge in [-0.15, -0.1) is 0 Å². The van der Waals surface area contributed by atoms with E-state index >= 15 is 0 Å². The van der Waals surface area contributed by atoms with Crippen LogP contribution < -0.4 is 5.32 Å². The summed E-state index contributed by atoms with van der Waals surface area (Å²) >= 11 is 0. The lowest BCUT2D eigenvalue weighted by atomic mass is 9.95. The van der Waals surface area contributed by atoms with Gasteiger partial charge in [0.15, 0.2) is 0 Å². The zero-order valence-corrected chi connectivity index (χ0v) is 8.35. The van der Waals surface area contributed by atoms with Gasteiger partial charge in [-0.25, -0.2) is 0 Å². The van der Waals surface area contributed by atoms with Gasteiger partial charge in [0.1, 0.15) is 0 Å². The van der Waals surface area contributed by atoms with Crippen molar-refractivity contribution in [2.45, 2.75) is 40.2 Å². The number of hydrogen-bond donors (Lipinski definition) is 2. The summed E-state index contributed by atoms with van der Waals surface area (Å²) in [5.74, 6) is -0.0107. The standard InChI is InChI=1S/C9H19NO2/c1-5-7(6-11)10-8(12)9(2,3)4/h7,11H,5-6H2,1-4H3,(H,10,12)/t7-/m0/s1. The van der Waals surface area contributed by atoms with Crippen molar-refractivity contribution in [3.05, 3.63) is 0 Å². The van der Waals surface area contributed by atoms with Crippen LogP contribution in [-0.4, -0.2) is 23.7 Å². The molecule has 2 N–H and O–H groups in total. The number of carbonyl (C=O) groups excluding carboxylic acids is 1. The Balaban J connectivity index is 3.99. The van der Waals surface area contributed by atoms with Gasteiger partial charge >= 0.3 is 0 Å². The molecule has 72 valence electrons. The Morgan fingerprint density at radius 1 is 1.50 bits per heavy atom. The van der Waals surface area contributed by atoms with Crippen molar-refractivity contribution < 1.29 is 9.90 Å². The average Bonchev–Trinajstić information content (AvgIpc) is 1.97. The zero-order valence-electron chi connectivity index (χ0n) is 8.35. The highest BCUT2D eigenvalue weighted by atomic mass is 16.3. The van der Waals surface area contributed by atoms with E-state index in [9.17, 15) is 4.79 Å². The first kappa shape index (κ1) is 11.4. The molecule has 0 spiro atoms. The molecule has 3 nitrogen and oxygen atoms in total. The van der Waals surface area contributed by atoms with Gasteiger partial charge < -0.3 is 10.4 Å². The van der Waals surface area contributed by atoms with Crippen molar-refractivity contribution in [1.29, 1.82) is 0 Å². The van der Waals surface area contributed by atoms with E-state index in [1.165, 1.54) is 0 Å². The molecule has 0 aliphatic heterocycles. The largest absolute Gasteiger partial charge is 0.394 e. The summed E-state index contributed by atoms with van der Waals surface area (Å²) in [5, 5.41) is 11.6. The van der Waals surface area contributed by atoms with Crippen LogP contribution in [0.2, 0.25) is 0 Å². The van der Waals surface area contributed by atoms with Gasteiger partial charge in [-0.3, -0.25) is 4.79 Å². The smallest absolute Gasteiger partial charge is 0.225 e. The summed E-state index contributed by atoms with van der Waals surface area (Å²) < 4.78 is 0. The molecule has 0 aromatic heterocycles. The van der Waals surface area contributed by atoms with Gasteiger partial charge in [-0.05, 0) is 6.42 Å². The molecular formula is C9H19NO2. The molecule has 0 heterocycles. The maximum atomic E-state index is 11.4. The molecule has 0 aliphatic rings. The molecule has 0 aromatic rings. The van der Waals surface area contributed by atoms with E-state index in [1.807, 2.05) is 27.7 Å². The molecule has 0 rings (SSSR count). The molecule has 1 amide bonds. The summed E-state index contributed by atoms with van der Waals surface area (Å²) in [6.07, 6.45) is 0.762. The number of aliphatic hydroxyl groups excluding tert-OH is 1. The minimum atomic E-state index is -0.372. The molecule has 0 radical (unpaired) electrons. The van der Waals surface area contributed by atoms with Crippen LogP contribution in [0.1, 0.15) is 34.1 Å². The molecule has 0 unspecified atom stereocenters. The van der Waals surface area contributed by atoms with E-state index in [2.05, 4.69) is 5.32 Å². The molecule has 3 heteroatoms. The molecule has 0 saturated carbocycles. The topological polar surface area (TPSA) is 49.3 Å². The highest BCUT2D eigenvalue weighted by molar-refractivity contribution is 5.81. The van der Waals surface area contributed by atoms with Crippen molar-refractivity contribution in [1.82, 2.24) is 5.32 Å². The molecule has 0 bridgehead atoms. The molecule has 0 aliphatic carbocycles. The second-order valence-corrected chi connectivity index (χ2v) is 4.01. The van der Waals surface area contributed by atoms with Gasteiger partial charge in [-0.2, -0.15) is 0 Å². The Labute approximate surface area is 74.2 Å². The predicted molar refractivity (Wildman–Crippen MR) is 48.8 cm³/mol. The van der Waals surface area contributed by atoms with E-state index in [1.54, 1.807) is 0 Å². The minimum absolute atomic E-state index is 0.0107. The third-order valence-corrected chi connectivity index (χ3v) is 1.73. The normalized spacial score (nSPS) is 14.1. The highest BCUT2D eigenvalue weighted by Gasteiger charge is 2.22. The van der Waals surface area contributed by atoms with E-state index in [0.29, 0.717) is 0 Å². The predicted octanol–water partition coefficient (Wildman–Crippen LogP) is 0.920. The van der Waals surface area contributed by atoms with Crippen molar-refractivity contribution in [2.24, 2.45) is 5.41 Å². The lowest BCUT2D eigenvalue weighted by Gasteiger charge is -2.22. The third-order valence-electron chi connectivity index (χ3n) is 1.73. The van der Waals surface area contributed by atoms with Crippen molar-refractivity contribution >= 4 is 5.91 Å². The Morgan fingerprint density at radius 3 is 2.25 bits per heavy atom. The molecular weight excluding hydrogens is 154 g/mol. The van der Waals surface area contributed by atoms with Crippen LogP contribution in [0.15, 0.2) is 0 Å². The molecule has 0 fully saturated rings. The molecule has 1 atom stereocenters.